The molecular formula is C10H11IN4O. The summed E-state index contributed by atoms with van der Waals surface area (Å²) in [5, 5.41) is 13.7. The van der Waals surface area contributed by atoms with Crippen LogP contribution in [0.25, 0.3) is 0 Å². The molecule has 0 aliphatic heterocycles. The van der Waals surface area contributed by atoms with Crippen LogP contribution in [-0.4, -0.2) is 17.2 Å². The molecule has 2 aromatic rings. The summed E-state index contributed by atoms with van der Waals surface area (Å²) in [5.41, 5.74) is 0.931. The van der Waals surface area contributed by atoms with Crippen molar-refractivity contribution >= 4 is 34.3 Å². The van der Waals surface area contributed by atoms with Gasteiger partial charge in [0, 0.05) is 9.26 Å². The minimum Gasteiger partial charge on any atom is -0.406 e. The number of hydrogen-bond acceptors (Lipinski definition) is 5. The molecule has 1 aromatic carbocycles. The number of aromatic nitrogens is 2. The van der Waals surface area contributed by atoms with Gasteiger partial charge in [-0.25, -0.2) is 0 Å². The Morgan fingerprint density at radius 3 is 2.69 bits per heavy atom. The lowest BCUT2D eigenvalue weighted by atomic mass is 10.3. The minimum atomic E-state index is 0.409. The number of rotatable bonds is 4. The van der Waals surface area contributed by atoms with Crippen LogP contribution in [-0.2, 0) is 6.54 Å². The third-order valence-corrected chi connectivity index (χ3v) is 2.61. The number of hydrogen-bond donors (Lipinski definition) is 2. The van der Waals surface area contributed by atoms with Gasteiger partial charge in [0.2, 0.25) is 5.89 Å². The summed E-state index contributed by atoms with van der Waals surface area (Å²) in [5.74, 6) is 0.565. The molecule has 0 aliphatic carbocycles. The Morgan fingerprint density at radius 2 is 2.00 bits per heavy atom. The molecule has 0 amide bonds. The van der Waals surface area contributed by atoms with Crippen molar-refractivity contribution in [1.82, 2.24) is 15.5 Å². The first-order chi connectivity index (χ1) is 7.78. The van der Waals surface area contributed by atoms with E-state index in [9.17, 15) is 0 Å². The molecule has 0 radical (unpaired) electrons. The van der Waals surface area contributed by atoms with Crippen LogP contribution in [0.15, 0.2) is 28.7 Å². The third kappa shape index (κ3) is 2.92. The monoisotopic (exact) mass is 330 g/mol. The Bertz CT molecular complexity index is 454. The summed E-state index contributed by atoms with van der Waals surface area (Å²) in [7, 11) is 1.83. The molecule has 6 heteroatoms. The SMILES string of the molecule is CNCc1nnc(Nc2ccc(I)cc2)o1. The van der Waals surface area contributed by atoms with Crippen molar-refractivity contribution in [3.05, 3.63) is 33.7 Å². The summed E-state index contributed by atoms with van der Waals surface area (Å²) < 4.78 is 6.55. The van der Waals surface area contributed by atoms with Gasteiger partial charge in [0.25, 0.3) is 0 Å². The highest BCUT2D eigenvalue weighted by molar-refractivity contribution is 14.1. The molecule has 0 saturated heterocycles. The highest BCUT2D eigenvalue weighted by atomic mass is 127. The maximum atomic E-state index is 5.36. The fourth-order valence-electron chi connectivity index (χ4n) is 1.18. The van der Waals surface area contributed by atoms with E-state index in [-0.39, 0.29) is 0 Å². The fourth-order valence-corrected chi connectivity index (χ4v) is 1.54. The van der Waals surface area contributed by atoms with Crippen molar-refractivity contribution in [3.63, 3.8) is 0 Å². The Hall–Kier alpha value is -1.15. The molecule has 1 aromatic heterocycles. The van der Waals surface area contributed by atoms with Gasteiger partial charge in [0.05, 0.1) is 6.54 Å². The second kappa shape index (κ2) is 5.26. The first-order valence-electron chi connectivity index (χ1n) is 4.77. The van der Waals surface area contributed by atoms with E-state index in [0.29, 0.717) is 18.5 Å². The van der Waals surface area contributed by atoms with Crippen LogP contribution < -0.4 is 10.6 Å². The minimum absolute atomic E-state index is 0.409. The molecule has 0 bridgehead atoms. The second-order valence-corrected chi connectivity index (χ2v) is 4.41. The number of nitrogens with zero attached hydrogens (tertiary/aromatic N) is 2. The Balaban J connectivity index is 2.05. The Kier molecular flexibility index (Phi) is 3.73. The average molecular weight is 330 g/mol. The van der Waals surface area contributed by atoms with E-state index in [0.717, 1.165) is 5.69 Å². The lowest BCUT2D eigenvalue weighted by Gasteiger charge is -2.00. The number of anilines is 2. The van der Waals surface area contributed by atoms with E-state index in [4.69, 9.17) is 4.42 Å². The Labute approximate surface area is 107 Å². The van der Waals surface area contributed by atoms with Gasteiger partial charge in [0.15, 0.2) is 0 Å². The quantitative estimate of drug-likeness (QED) is 0.841. The van der Waals surface area contributed by atoms with Gasteiger partial charge in [-0.15, -0.1) is 5.10 Å². The summed E-state index contributed by atoms with van der Waals surface area (Å²) in [4.78, 5) is 0. The normalized spacial score (nSPS) is 10.4. The van der Waals surface area contributed by atoms with Gasteiger partial charge >= 0.3 is 6.01 Å². The topological polar surface area (TPSA) is 63.0 Å². The van der Waals surface area contributed by atoms with E-state index in [2.05, 4.69) is 43.4 Å². The van der Waals surface area contributed by atoms with Crippen LogP contribution in [0.2, 0.25) is 0 Å². The molecular weight excluding hydrogens is 319 g/mol. The van der Waals surface area contributed by atoms with E-state index in [1.165, 1.54) is 3.57 Å². The van der Waals surface area contributed by atoms with E-state index < -0.39 is 0 Å². The molecule has 0 aliphatic rings. The molecule has 2 N–H and O–H groups in total. The molecule has 16 heavy (non-hydrogen) atoms. The van der Waals surface area contributed by atoms with Crippen LogP contribution in [0, 0.1) is 3.57 Å². The van der Waals surface area contributed by atoms with Crippen molar-refractivity contribution in [2.24, 2.45) is 0 Å². The predicted octanol–water partition coefficient (Wildman–Crippen LogP) is 2.14. The van der Waals surface area contributed by atoms with Gasteiger partial charge in [-0.05, 0) is 53.9 Å². The number of benzene rings is 1. The molecule has 0 saturated carbocycles. The van der Waals surface area contributed by atoms with Gasteiger partial charge < -0.3 is 15.1 Å². The van der Waals surface area contributed by atoms with Gasteiger partial charge in [-0.1, -0.05) is 5.10 Å². The molecule has 84 valence electrons. The number of nitrogens with one attached hydrogen (secondary N) is 2. The zero-order chi connectivity index (χ0) is 11.4. The van der Waals surface area contributed by atoms with Gasteiger partial charge in [-0.2, -0.15) is 0 Å². The van der Waals surface area contributed by atoms with E-state index in [1.54, 1.807) is 0 Å². The maximum absolute atomic E-state index is 5.36. The number of halogens is 1. The largest absolute Gasteiger partial charge is 0.406 e. The van der Waals surface area contributed by atoms with Crippen molar-refractivity contribution in [3.8, 4) is 0 Å². The predicted molar refractivity (Wildman–Crippen MR) is 69.5 cm³/mol. The van der Waals surface area contributed by atoms with Crippen LogP contribution >= 0.6 is 22.6 Å². The molecule has 5 nitrogen and oxygen atoms in total. The highest BCUT2D eigenvalue weighted by Crippen LogP contribution is 2.16. The lowest BCUT2D eigenvalue weighted by molar-refractivity contribution is 0.493. The molecule has 1 heterocycles. The summed E-state index contributed by atoms with van der Waals surface area (Å²) in [6, 6.07) is 8.35. The zero-order valence-corrected chi connectivity index (χ0v) is 10.9. The molecule has 0 atom stereocenters. The molecule has 0 unspecified atom stereocenters. The molecule has 0 fully saturated rings. The average Bonchev–Trinajstić information content (AvgIpc) is 2.70. The van der Waals surface area contributed by atoms with Crippen molar-refractivity contribution < 1.29 is 4.42 Å². The van der Waals surface area contributed by atoms with Crippen molar-refractivity contribution in [2.45, 2.75) is 6.54 Å². The smallest absolute Gasteiger partial charge is 0.320 e. The summed E-state index contributed by atoms with van der Waals surface area (Å²) in [6.07, 6.45) is 0. The lowest BCUT2D eigenvalue weighted by Crippen LogP contribution is -2.04. The fraction of sp³-hybridized carbons (Fsp3) is 0.200. The van der Waals surface area contributed by atoms with Gasteiger partial charge in [-0.3, -0.25) is 0 Å². The standard InChI is InChI=1S/C10H11IN4O/c1-12-6-9-14-15-10(16-9)13-8-4-2-7(11)3-5-8/h2-5,12H,6H2,1H3,(H,13,15). The molecule has 0 spiro atoms. The van der Waals surface area contributed by atoms with E-state index in [1.807, 2.05) is 31.3 Å². The summed E-state index contributed by atoms with van der Waals surface area (Å²) >= 11 is 2.26. The summed E-state index contributed by atoms with van der Waals surface area (Å²) in [6.45, 7) is 0.571. The van der Waals surface area contributed by atoms with Crippen LogP contribution in [0.3, 0.4) is 0 Å². The van der Waals surface area contributed by atoms with Crippen LogP contribution in [0.1, 0.15) is 5.89 Å². The first-order valence-corrected chi connectivity index (χ1v) is 5.85. The van der Waals surface area contributed by atoms with Crippen LogP contribution in [0.5, 0.6) is 0 Å². The van der Waals surface area contributed by atoms with Crippen molar-refractivity contribution in [1.29, 1.82) is 0 Å². The van der Waals surface area contributed by atoms with Crippen LogP contribution in [0.4, 0.5) is 11.7 Å². The van der Waals surface area contributed by atoms with E-state index >= 15 is 0 Å². The maximum Gasteiger partial charge on any atom is 0.320 e. The zero-order valence-electron chi connectivity index (χ0n) is 8.70. The van der Waals surface area contributed by atoms with Gasteiger partial charge in [0.1, 0.15) is 0 Å². The third-order valence-electron chi connectivity index (χ3n) is 1.89. The Morgan fingerprint density at radius 1 is 1.25 bits per heavy atom. The first kappa shape index (κ1) is 11.3. The van der Waals surface area contributed by atoms with Crippen molar-refractivity contribution in [2.75, 3.05) is 12.4 Å². The highest BCUT2D eigenvalue weighted by Gasteiger charge is 2.04. The second-order valence-electron chi connectivity index (χ2n) is 3.16. The molecule has 2 rings (SSSR count).